The van der Waals surface area contributed by atoms with Crippen LogP contribution >= 0.6 is 0 Å². The van der Waals surface area contributed by atoms with Crippen LogP contribution in [0.2, 0.25) is 0 Å². The number of hydrogen-bond acceptors (Lipinski definition) is 13. The SMILES string of the molecule is C[C@@H]1O[C@H](O[C@@H](CO)[C@H](O)CO)[C@H](O)[C@H](O)[C@H]1O[C@@H]1O[C@H](C(=O)O)[C@@H](O)[C@H](O)[C@H]1O. The van der Waals surface area contributed by atoms with Gasteiger partial charge < -0.3 is 64.9 Å². The number of hydrogen-bond donors (Lipinski definition) is 9. The third-order valence-electron chi connectivity index (χ3n) is 4.99. The number of carbonyl (C=O) groups is 1. The summed E-state index contributed by atoms with van der Waals surface area (Å²) in [5, 5.41) is 87.1. The molecule has 14 heteroatoms. The van der Waals surface area contributed by atoms with Crippen LogP contribution in [0.5, 0.6) is 0 Å². The van der Waals surface area contributed by atoms with Gasteiger partial charge in [-0.15, -0.1) is 0 Å². The van der Waals surface area contributed by atoms with E-state index in [1.54, 1.807) is 0 Å². The monoisotopic (exact) mass is 444 g/mol. The smallest absolute Gasteiger partial charge is 0.335 e. The minimum Gasteiger partial charge on any atom is -0.479 e. The Hall–Kier alpha value is -1.01. The van der Waals surface area contributed by atoms with Crippen molar-refractivity contribution in [1.29, 1.82) is 0 Å². The first-order chi connectivity index (χ1) is 14.0. The molecule has 2 saturated heterocycles. The second kappa shape index (κ2) is 10.5. The van der Waals surface area contributed by atoms with Gasteiger partial charge in [-0.05, 0) is 6.92 Å². The van der Waals surface area contributed by atoms with Crippen molar-refractivity contribution in [2.24, 2.45) is 0 Å². The maximum Gasteiger partial charge on any atom is 0.335 e. The molecule has 0 aliphatic carbocycles. The fourth-order valence-corrected chi connectivity index (χ4v) is 3.17. The lowest BCUT2D eigenvalue weighted by atomic mass is 9.97. The molecule has 30 heavy (non-hydrogen) atoms. The Morgan fingerprint density at radius 1 is 0.900 bits per heavy atom. The zero-order valence-corrected chi connectivity index (χ0v) is 15.9. The fraction of sp³-hybridized carbons (Fsp3) is 0.938. The quantitative estimate of drug-likeness (QED) is 0.170. The Morgan fingerprint density at radius 3 is 2.03 bits per heavy atom. The van der Waals surface area contributed by atoms with E-state index in [1.807, 2.05) is 0 Å². The standard InChI is InChI=1S/C16H28O14/c1-4-12(29-16-10(23)7(20)8(21)13(30-16)14(25)26)9(22)11(24)15(27-4)28-6(3-18)5(19)2-17/h4-13,15-24H,2-3H2,1H3,(H,25,26)/t4-,5+,6-,7-,8-,9-,10+,11+,12-,13-,15+,16+/m0/s1. The molecule has 2 rings (SSSR count). The van der Waals surface area contributed by atoms with E-state index in [9.17, 15) is 40.5 Å². The van der Waals surface area contributed by atoms with Crippen molar-refractivity contribution in [3.8, 4) is 0 Å². The van der Waals surface area contributed by atoms with Gasteiger partial charge in [0.05, 0.1) is 19.3 Å². The van der Waals surface area contributed by atoms with Gasteiger partial charge in [-0.2, -0.15) is 0 Å². The van der Waals surface area contributed by atoms with Gasteiger partial charge in [0.1, 0.15) is 48.8 Å². The summed E-state index contributed by atoms with van der Waals surface area (Å²) in [6.07, 6.45) is -19.8. The number of carboxylic acids is 1. The highest BCUT2D eigenvalue weighted by molar-refractivity contribution is 5.73. The topological polar surface area (TPSA) is 236 Å². The first kappa shape index (κ1) is 25.3. The summed E-state index contributed by atoms with van der Waals surface area (Å²) < 4.78 is 20.9. The second-order valence-electron chi connectivity index (χ2n) is 7.13. The van der Waals surface area contributed by atoms with E-state index in [2.05, 4.69) is 0 Å². The van der Waals surface area contributed by atoms with E-state index >= 15 is 0 Å². The average Bonchev–Trinajstić information content (AvgIpc) is 2.71. The Balaban J connectivity index is 2.08. The predicted octanol–water partition coefficient (Wildman–Crippen LogP) is -5.54. The molecule has 12 atom stereocenters. The van der Waals surface area contributed by atoms with Gasteiger partial charge >= 0.3 is 5.97 Å². The minimum atomic E-state index is -1.93. The van der Waals surface area contributed by atoms with Crippen molar-refractivity contribution >= 4 is 5.97 Å². The van der Waals surface area contributed by atoms with Gasteiger partial charge in [0.2, 0.25) is 0 Å². The third kappa shape index (κ3) is 5.24. The summed E-state index contributed by atoms with van der Waals surface area (Å²) in [6.45, 7) is -0.0902. The number of ether oxygens (including phenoxy) is 4. The summed E-state index contributed by atoms with van der Waals surface area (Å²) in [5.41, 5.74) is 0. The van der Waals surface area contributed by atoms with E-state index in [-0.39, 0.29) is 0 Å². The highest BCUT2D eigenvalue weighted by atomic mass is 16.7. The lowest BCUT2D eigenvalue weighted by Crippen LogP contribution is -2.64. The van der Waals surface area contributed by atoms with Gasteiger partial charge in [-0.1, -0.05) is 0 Å². The normalized spacial score (nSPS) is 44.4. The molecule has 14 nitrogen and oxygen atoms in total. The van der Waals surface area contributed by atoms with Crippen molar-refractivity contribution in [2.75, 3.05) is 13.2 Å². The molecule has 2 heterocycles. The molecule has 0 spiro atoms. The van der Waals surface area contributed by atoms with Crippen molar-refractivity contribution in [3.05, 3.63) is 0 Å². The first-order valence-electron chi connectivity index (χ1n) is 9.18. The highest BCUT2D eigenvalue weighted by Crippen LogP contribution is 2.30. The van der Waals surface area contributed by atoms with Crippen LogP contribution in [0.1, 0.15) is 6.92 Å². The van der Waals surface area contributed by atoms with Gasteiger partial charge in [0.25, 0.3) is 0 Å². The summed E-state index contributed by atoms with van der Waals surface area (Å²) in [4.78, 5) is 11.2. The molecule has 2 fully saturated rings. The number of aliphatic carboxylic acids is 1. The Bertz CT molecular complexity index is 562. The van der Waals surface area contributed by atoms with E-state index < -0.39 is 92.8 Å². The third-order valence-corrected chi connectivity index (χ3v) is 4.99. The molecular weight excluding hydrogens is 416 g/mol. The number of carboxylic acid groups (broad SMARTS) is 1. The summed E-state index contributed by atoms with van der Waals surface area (Å²) in [7, 11) is 0. The number of aliphatic hydroxyl groups excluding tert-OH is 8. The van der Waals surface area contributed by atoms with Crippen LogP contribution in [0.25, 0.3) is 0 Å². The summed E-state index contributed by atoms with van der Waals surface area (Å²) in [5.74, 6) is -1.62. The Morgan fingerprint density at radius 2 is 1.50 bits per heavy atom. The molecule has 0 aromatic heterocycles. The van der Waals surface area contributed by atoms with Crippen LogP contribution in [0.4, 0.5) is 0 Å². The predicted molar refractivity (Wildman–Crippen MR) is 90.6 cm³/mol. The molecule has 2 aliphatic rings. The number of rotatable bonds is 8. The lowest BCUT2D eigenvalue weighted by Gasteiger charge is -2.45. The molecule has 0 aromatic carbocycles. The zero-order chi connectivity index (χ0) is 22.7. The van der Waals surface area contributed by atoms with E-state index in [0.717, 1.165) is 0 Å². The molecule has 0 radical (unpaired) electrons. The number of aliphatic hydroxyl groups is 8. The van der Waals surface area contributed by atoms with Crippen molar-refractivity contribution in [1.82, 2.24) is 0 Å². The largest absolute Gasteiger partial charge is 0.479 e. The summed E-state index contributed by atoms with van der Waals surface area (Å²) >= 11 is 0. The van der Waals surface area contributed by atoms with E-state index in [0.29, 0.717) is 0 Å². The molecule has 2 aliphatic heterocycles. The molecular formula is C16H28O14. The molecule has 176 valence electrons. The Labute approximate surface area is 170 Å². The van der Waals surface area contributed by atoms with Crippen LogP contribution in [-0.2, 0) is 23.7 Å². The van der Waals surface area contributed by atoms with Crippen molar-refractivity contribution in [3.63, 3.8) is 0 Å². The van der Waals surface area contributed by atoms with Crippen LogP contribution in [0.15, 0.2) is 0 Å². The molecule has 0 bridgehead atoms. The molecule has 0 unspecified atom stereocenters. The van der Waals surface area contributed by atoms with Crippen LogP contribution < -0.4 is 0 Å². The van der Waals surface area contributed by atoms with E-state index in [4.69, 9.17) is 29.2 Å². The molecule has 9 N–H and O–H groups in total. The van der Waals surface area contributed by atoms with Gasteiger partial charge in [-0.25, -0.2) is 4.79 Å². The second-order valence-corrected chi connectivity index (χ2v) is 7.13. The van der Waals surface area contributed by atoms with Gasteiger partial charge in [-0.3, -0.25) is 0 Å². The minimum absolute atomic E-state index is 0.725. The van der Waals surface area contributed by atoms with Crippen LogP contribution in [0, 0.1) is 0 Å². The van der Waals surface area contributed by atoms with E-state index in [1.165, 1.54) is 6.92 Å². The summed E-state index contributed by atoms with van der Waals surface area (Å²) in [6, 6.07) is 0. The van der Waals surface area contributed by atoms with Crippen molar-refractivity contribution < 1.29 is 69.7 Å². The van der Waals surface area contributed by atoms with Crippen LogP contribution in [-0.4, -0.2) is 139 Å². The molecule has 0 aromatic rings. The lowest BCUT2D eigenvalue weighted by molar-refractivity contribution is -0.358. The first-order valence-corrected chi connectivity index (χ1v) is 9.18. The Kier molecular flexibility index (Phi) is 8.87. The maximum atomic E-state index is 11.2. The molecule has 0 saturated carbocycles. The van der Waals surface area contributed by atoms with Gasteiger partial charge in [0.15, 0.2) is 18.7 Å². The highest BCUT2D eigenvalue weighted by Gasteiger charge is 2.51. The van der Waals surface area contributed by atoms with Crippen LogP contribution in [0.3, 0.4) is 0 Å². The maximum absolute atomic E-state index is 11.2. The zero-order valence-electron chi connectivity index (χ0n) is 15.9. The fourth-order valence-electron chi connectivity index (χ4n) is 3.17. The average molecular weight is 444 g/mol. The van der Waals surface area contributed by atoms with Gasteiger partial charge in [0, 0.05) is 0 Å². The van der Waals surface area contributed by atoms with Crippen molar-refractivity contribution in [2.45, 2.75) is 80.5 Å². The molecule has 0 amide bonds.